The summed E-state index contributed by atoms with van der Waals surface area (Å²) in [6.45, 7) is 6.86. The van der Waals surface area contributed by atoms with Crippen molar-refractivity contribution < 1.29 is 9.52 Å². The summed E-state index contributed by atoms with van der Waals surface area (Å²) in [5.74, 6) is 0. The molecule has 20 heavy (non-hydrogen) atoms. The van der Waals surface area contributed by atoms with Crippen molar-refractivity contribution in [1.82, 2.24) is 0 Å². The van der Waals surface area contributed by atoms with Crippen LogP contribution in [0.15, 0.2) is 41.0 Å². The predicted molar refractivity (Wildman–Crippen MR) is 86.9 cm³/mol. The Kier molecular flexibility index (Phi) is 4.84. The Bertz CT molecular complexity index is 533. The van der Waals surface area contributed by atoms with Gasteiger partial charge in [0.1, 0.15) is 8.07 Å². The van der Waals surface area contributed by atoms with Gasteiger partial charge in [0.15, 0.2) is 0 Å². The van der Waals surface area contributed by atoms with Crippen molar-refractivity contribution in [2.75, 3.05) is 0 Å². The van der Waals surface area contributed by atoms with Gasteiger partial charge in [0, 0.05) is 11.1 Å². The minimum Gasteiger partial charge on any atom is -0.473 e. The standard InChI is InChI=1S/C17H24O2Si/c1-4-20(5-2,6-3)17-16(15(12-18)13-19-17)14-10-8-7-9-11-14/h7-11,13,18H,4-6,12H2,1-3H3. The highest BCUT2D eigenvalue weighted by molar-refractivity contribution is 6.91. The molecule has 3 heteroatoms. The van der Waals surface area contributed by atoms with Crippen LogP contribution in [0.2, 0.25) is 18.1 Å². The fourth-order valence-electron chi connectivity index (χ4n) is 3.05. The highest BCUT2D eigenvalue weighted by Gasteiger charge is 2.36. The number of furan rings is 1. The Hall–Kier alpha value is -1.32. The Morgan fingerprint density at radius 1 is 1.00 bits per heavy atom. The van der Waals surface area contributed by atoms with Crippen molar-refractivity contribution >= 4 is 13.5 Å². The normalized spacial score (nSPS) is 11.8. The minimum absolute atomic E-state index is 0.0371. The van der Waals surface area contributed by atoms with Crippen LogP contribution >= 0.6 is 0 Å². The second-order valence-electron chi connectivity index (χ2n) is 5.33. The fraction of sp³-hybridized carbons (Fsp3) is 0.412. The quantitative estimate of drug-likeness (QED) is 0.810. The maximum Gasteiger partial charge on any atom is 0.132 e. The van der Waals surface area contributed by atoms with Crippen LogP contribution in [0.5, 0.6) is 0 Å². The summed E-state index contributed by atoms with van der Waals surface area (Å²) >= 11 is 0. The zero-order valence-corrected chi connectivity index (χ0v) is 13.6. The Balaban J connectivity index is 2.64. The average Bonchev–Trinajstić information content (AvgIpc) is 2.95. The lowest BCUT2D eigenvalue weighted by molar-refractivity contribution is 0.281. The molecule has 0 bridgehead atoms. The molecule has 0 radical (unpaired) electrons. The topological polar surface area (TPSA) is 33.4 Å². The monoisotopic (exact) mass is 288 g/mol. The molecule has 1 N–H and O–H groups in total. The highest BCUT2D eigenvalue weighted by atomic mass is 28.3. The number of hydrogen-bond acceptors (Lipinski definition) is 2. The Morgan fingerprint density at radius 2 is 1.60 bits per heavy atom. The van der Waals surface area contributed by atoms with Gasteiger partial charge < -0.3 is 9.52 Å². The van der Waals surface area contributed by atoms with Gasteiger partial charge in [-0.15, -0.1) is 0 Å². The summed E-state index contributed by atoms with van der Waals surface area (Å²) < 4.78 is 5.98. The molecule has 0 spiro atoms. The van der Waals surface area contributed by atoms with Crippen molar-refractivity contribution in [3.05, 3.63) is 42.2 Å². The molecule has 0 amide bonds. The number of aliphatic hydroxyl groups is 1. The molecular weight excluding hydrogens is 264 g/mol. The van der Waals surface area contributed by atoms with Crippen molar-refractivity contribution in [2.45, 2.75) is 45.5 Å². The summed E-state index contributed by atoms with van der Waals surface area (Å²) in [6, 6.07) is 13.8. The SMILES string of the molecule is CC[Si](CC)(CC)c1occ(CO)c1-c1ccccc1. The molecule has 0 aliphatic carbocycles. The molecule has 1 aromatic carbocycles. The molecule has 2 rings (SSSR count). The van der Waals surface area contributed by atoms with Gasteiger partial charge in [-0.1, -0.05) is 69.2 Å². The van der Waals surface area contributed by atoms with E-state index in [1.54, 1.807) is 6.26 Å². The van der Waals surface area contributed by atoms with Crippen LogP contribution in [-0.4, -0.2) is 13.2 Å². The summed E-state index contributed by atoms with van der Waals surface area (Å²) in [7, 11) is -1.59. The van der Waals surface area contributed by atoms with E-state index in [9.17, 15) is 5.11 Å². The fourth-order valence-corrected chi connectivity index (χ4v) is 6.66. The van der Waals surface area contributed by atoms with E-state index < -0.39 is 8.07 Å². The van der Waals surface area contributed by atoms with Crippen molar-refractivity contribution in [1.29, 1.82) is 0 Å². The van der Waals surface area contributed by atoms with Crippen molar-refractivity contribution in [3.63, 3.8) is 0 Å². The molecule has 2 aromatic rings. The zero-order valence-electron chi connectivity index (χ0n) is 12.6. The maximum atomic E-state index is 9.63. The number of hydrogen-bond donors (Lipinski definition) is 1. The molecule has 2 nitrogen and oxygen atoms in total. The molecule has 1 aromatic heterocycles. The molecular formula is C17H24O2Si. The third kappa shape index (κ3) is 2.48. The van der Waals surface area contributed by atoms with E-state index in [4.69, 9.17) is 4.42 Å². The zero-order chi connectivity index (χ0) is 14.6. The smallest absolute Gasteiger partial charge is 0.132 e. The summed E-state index contributed by atoms with van der Waals surface area (Å²) in [5.41, 5.74) is 3.22. The van der Waals surface area contributed by atoms with Crippen molar-refractivity contribution in [3.8, 4) is 11.1 Å². The first-order valence-corrected chi connectivity index (χ1v) is 10.1. The lowest BCUT2D eigenvalue weighted by Crippen LogP contribution is -2.46. The average molecular weight is 288 g/mol. The van der Waals surface area contributed by atoms with E-state index in [-0.39, 0.29) is 6.61 Å². The molecule has 0 unspecified atom stereocenters. The van der Waals surface area contributed by atoms with Gasteiger partial charge in [0.05, 0.1) is 18.3 Å². The predicted octanol–water partition coefficient (Wildman–Crippen LogP) is 4.15. The molecule has 108 valence electrons. The molecule has 0 aliphatic heterocycles. The first kappa shape index (κ1) is 15.1. The van der Waals surface area contributed by atoms with Crippen LogP contribution in [0, 0.1) is 0 Å². The Labute approximate surface area is 122 Å². The second kappa shape index (κ2) is 6.42. The summed E-state index contributed by atoms with van der Waals surface area (Å²) in [6.07, 6.45) is 1.75. The summed E-state index contributed by atoms with van der Waals surface area (Å²) in [5, 5.41) is 10.8. The van der Waals surface area contributed by atoms with Crippen LogP contribution in [0.3, 0.4) is 0 Å². The van der Waals surface area contributed by atoms with Gasteiger partial charge in [-0.2, -0.15) is 0 Å². The molecule has 1 heterocycles. The molecule has 0 saturated carbocycles. The van der Waals surface area contributed by atoms with Gasteiger partial charge in [-0.25, -0.2) is 0 Å². The first-order valence-electron chi connectivity index (χ1n) is 7.49. The van der Waals surface area contributed by atoms with Crippen LogP contribution in [0.1, 0.15) is 26.3 Å². The number of benzene rings is 1. The van der Waals surface area contributed by atoms with E-state index in [2.05, 4.69) is 32.9 Å². The maximum absolute atomic E-state index is 9.63. The van der Waals surface area contributed by atoms with Gasteiger partial charge in [0.25, 0.3) is 0 Å². The highest BCUT2D eigenvalue weighted by Crippen LogP contribution is 2.30. The van der Waals surface area contributed by atoms with E-state index in [0.717, 1.165) is 16.7 Å². The first-order chi connectivity index (χ1) is 9.72. The number of rotatable bonds is 6. The van der Waals surface area contributed by atoms with Crippen molar-refractivity contribution in [2.24, 2.45) is 0 Å². The van der Waals surface area contributed by atoms with E-state index in [1.807, 2.05) is 18.2 Å². The van der Waals surface area contributed by atoms with Crippen LogP contribution in [0.4, 0.5) is 0 Å². The third-order valence-corrected chi connectivity index (χ3v) is 10.0. The largest absolute Gasteiger partial charge is 0.473 e. The molecule has 0 atom stereocenters. The molecule has 0 saturated heterocycles. The summed E-state index contributed by atoms with van der Waals surface area (Å²) in [4.78, 5) is 0. The Morgan fingerprint density at radius 3 is 2.10 bits per heavy atom. The minimum atomic E-state index is -1.59. The lowest BCUT2D eigenvalue weighted by atomic mass is 10.1. The van der Waals surface area contributed by atoms with E-state index in [0.29, 0.717) is 0 Å². The van der Waals surface area contributed by atoms with Gasteiger partial charge in [-0.05, 0) is 5.56 Å². The third-order valence-electron chi connectivity index (χ3n) is 4.61. The van der Waals surface area contributed by atoms with Crippen LogP contribution < -0.4 is 5.38 Å². The van der Waals surface area contributed by atoms with Gasteiger partial charge >= 0.3 is 0 Å². The van der Waals surface area contributed by atoms with E-state index >= 15 is 0 Å². The lowest BCUT2D eigenvalue weighted by Gasteiger charge is -2.27. The van der Waals surface area contributed by atoms with Gasteiger partial charge in [0.2, 0.25) is 0 Å². The van der Waals surface area contributed by atoms with E-state index in [1.165, 1.54) is 23.5 Å². The van der Waals surface area contributed by atoms with Gasteiger partial charge in [-0.3, -0.25) is 0 Å². The van der Waals surface area contributed by atoms with Crippen LogP contribution in [0.25, 0.3) is 11.1 Å². The second-order valence-corrected chi connectivity index (χ2v) is 10.5. The van der Waals surface area contributed by atoms with Crippen LogP contribution in [-0.2, 0) is 6.61 Å². The molecule has 0 fully saturated rings. The molecule has 0 aliphatic rings. The number of aliphatic hydroxyl groups excluding tert-OH is 1.